The molecule has 2 aromatic rings. The van der Waals surface area contributed by atoms with Gasteiger partial charge in [0.25, 0.3) is 0 Å². The van der Waals surface area contributed by atoms with Crippen molar-refractivity contribution in [1.29, 1.82) is 0 Å². The number of methoxy groups -OCH3 is 1. The number of hydrogen-bond donors (Lipinski definition) is 2. The second-order valence-corrected chi connectivity index (χ2v) is 10.5. The van der Waals surface area contributed by atoms with E-state index in [0.29, 0.717) is 24.5 Å². The number of unbranched alkanes of at least 4 members (excludes halogenated alkanes) is 1. The smallest absolute Gasteiger partial charge is 0.173 e. The number of aliphatic hydroxyl groups is 1. The number of aryl methyl sites for hydroxylation is 1. The molecule has 0 heterocycles. The fourth-order valence-corrected chi connectivity index (χ4v) is 5.92. The van der Waals surface area contributed by atoms with E-state index in [2.05, 4.69) is 18.8 Å². The maximum Gasteiger partial charge on any atom is 0.173 e. The summed E-state index contributed by atoms with van der Waals surface area (Å²) in [6.07, 6.45) is 5.47. The van der Waals surface area contributed by atoms with Crippen LogP contribution in [-0.4, -0.2) is 35.0 Å². The van der Waals surface area contributed by atoms with Crippen LogP contribution in [0.15, 0.2) is 42.5 Å². The molecule has 1 saturated carbocycles. The molecule has 0 amide bonds. The molecule has 2 aliphatic rings. The predicted molar refractivity (Wildman–Crippen MR) is 144 cm³/mol. The number of ketones is 2. The van der Waals surface area contributed by atoms with Gasteiger partial charge in [0.05, 0.1) is 13.0 Å². The minimum absolute atomic E-state index is 0.0173. The Morgan fingerprint density at radius 3 is 2.57 bits per heavy atom. The Balaban J connectivity index is 1.84. The van der Waals surface area contributed by atoms with E-state index in [1.54, 1.807) is 12.1 Å². The number of Topliss-reactive ketones (excluding diaryl/α,β-unsaturated/α-hetero) is 2. The Labute approximate surface area is 220 Å². The number of carbonyl (C=O) groups excluding carboxylic acids is 2. The fraction of sp³-hybridized carbons (Fsp3) is 0.500. The second kappa shape index (κ2) is 12.4. The molecule has 0 aliphatic heterocycles. The third-order valence-corrected chi connectivity index (χ3v) is 8.04. The van der Waals surface area contributed by atoms with Gasteiger partial charge < -0.3 is 14.9 Å². The van der Waals surface area contributed by atoms with Crippen molar-refractivity contribution < 1.29 is 24.5 Å². The van der Waals surface area contributed by atoms with Crippen molar-refractivity contribution in [3.8, 4) is 23.3 Å². The van der Waals surface area contributed by atoms with Gasteiger partial charge in [-0.15, -0.1) is 0 Å². The highest BCUT2D eigenvalue weighted by Crippen LogP contribution is 2.39. The molecule has 5 nitrogen and oxygen atoms in total. The van der Waals surface area contributed by atoms with Gasteiger partial charge in [0.15, 0.2) is 29.2 Å². The molecule has 2 N–H and O–H groups in total. The highest BCUT2D eigenvalue weighted by Gasteiger charge is 2.38. The van der Waals surface area contributed by atoms with Crippen LogP contribution in [-0.2, 0) is 16.0 Å². The molecule has 196 valence electrons. The number of aromatic hydroxyl groups is 1. The third-order valence-electron chi connectivity index (χ3n) is 8.04. The van der Waals surface area contributed by atoms with Gasteiger partial charge in [-0.3, -0.25) is 9.59 Å². The van der Waals surface area contributed by atoms with E-state index in [-0.39, 0.29) is 29.8 Å². The number of phenolic OH excluding ortho intramolecular Hbond substituents is 1. The van der Waals surface area contributed by atoms with E-state index in [1.807, 2.05) is 30.3 Å². The lowest BCUT2D eigenvalue weighted by atomic mass is 9.78. The lowest BCUT2D eigenvalue weighted by Crippen LogP contribution is -2.38. The minimum atomic E-state index is -1.62. The summed E-state index contributed by atoms with van der Waals surface area (Å²) in [6, 6.07) is 13.3. The lowest BCUT2D eigenvalue weighted by molar-refractivity contribution is -0.142. The van der Waals surface area contributed by atoms with Crippen LogP contribution < -0.4 is 4.74 Å². The number of phenols is 1. The van der Waals surface area contributed by atoms with Crippen LogP contribution in [0.2, 0.25) is 0 Å². The summed E-state index contributed by atoms with van der Waals surface area (Å²) in [5.41, 5.74) is 2.61. The molecule has 2 aromatic carbocycles. The Hall–Kier alpha value is -3.10. The molecule has 2 aliphatic carbocycles. The largest absolute Gasteiger partial charge is 0.504 e. The zero-order valence-corrected chi connectivity index (χ0v) is 21.9. The molecule has 0 radical (unpaired) electrons. The van der Waals surface area contributed by atoms with Gasteiger partial charge in [0, 0.05) is 18.3 Å². The first kappa shape index (κ1) is 26.9. The van der Waals surface area contributed by atoms with E-state index in [1.165, 1.54) is 7.11 Å². The molecule has 0 aromatic heterocycles. The molecule has 0 spiro atoms. The van der Waals surface area contributed by atoms with Crippen LogP contribution in [0, 0.1) is 29.6 Å². The highest BCUT2D eigenvalue weighted by molar-refractivity contribution is 6.06. The van der Waals surface area contributed by atoms with Gasteiger partial charge in [-0.05, 0) is 54.0 Å². The van der Waals surface area contributed by atoms with Crippen LogP contribution in [0.25, 0.3) is 0 Å². The maximum absolute atomic E-state index is 13.5. The summed E-state index contributed by atoms with van der Waals surface area (Å²) in [5, 5.41) is 21.5. The van der Waals surface area contributed by atoms with Crippen molar-refractivity contribution in [2.45, 2.75) is 76.7 Å². The van der Waals surface area contributed by atoms with Crippen LogP contribution in [0.4, 0.5) is 0 Å². The Bertz CT molecular complexity index is 1160. The monoisotopic (exact) mass is 502 g/mol. The standard InChI is InChI=1S/C32H38O5/c1-3-4-9-21-10-8-13-23-14-16-25(22-11-6-5-7-12-22)26-20-29(34)30(37-2)19-24(26)15-17-28(33)32(36)31(35)27(23)18-21/h5-7,11-12,19-21,23,25,27,32,34,36H,3-4,8-10,13,15,17-18H2,1-2H3. The van der Waals surface area contributed by atoms with E-state index in [9.17, 15) is 19.8 Å². The second-order valence-electron chi connectivity index (χ2n) is 10.5. The predicted octanol–water partition coefficient (Wildman–Crippen LogP) is 5.59. The van der Waals surface area contributed by atoms with Crippen LogP contribution >= 0.6 is 0 Å². The number of rotatable bonds is 5. The molecule has 5 unspecified atom stereocenters. The van der Waals surface area contributed by atoms with Crippen molar-refractivity contribution >= 4 is 11.6 Å². The summed E-state index contributed by atoms with van der Waals surface area (Å²) < 4.78 is 5.34. The summed E-state index contributed by atoms with van der Waals surface area (Å²) in [4.78, 5) is 26.6. The Kier molecular flexibility index (Phi) is 9.05. The zero-order valence-electron chi connectivity index (χ0n) is 21.9. The molecule has 4 rings (SSSR count). The molecule has 5 atom stereocenters. The number of aliphatic hydroxyl groups excluding tert-OH is 1. The lowest BCUT2D eigenvalue weighted by Gasteiger charge is -2.26. The maximum atomic E-state index is 13.5. The van der Waals surface area contributed by atoms with Gasteiger partial charge in [0.2, 0.25) is 0 Å². The summed E-state index contributed by atoms with van der Waals surface area (Å²) in [7, 11) is 1.48. The average Bonchev–Trinajstić information content (AvgIpc) is 3.12. The van der Waals surface area contributed by atoms with Gasteiger partial charge >= 0.3 is 0 Å². The number of benzene rings is 2. The molecule has 5 heteroatoms. The topological polar surface area (TPSA) is 83.8 Å². The van der Waals surface area contributed by atoms with E-state index in [0.717, 1.165) is 55.2 Å². The average molecular weight is 503 g/mol. The molecule has 0 saturated heterocycles. The summed E-state index contributed by atoms with van der Waals surface area (Å²) in [5.74, 6) is 5.86. The van der Waals surface area contributed by atoms with E-state index >= 15 is 0 Å². The minimum Gasteiger partial charge on any atom is -0.504 e. The highest BCUT2D eigenvalue weighted by atomic mass is 16.5. The first-order chi connectivity index (χ1) is 17.9. The normalized spacial score (nSPS) is 26.4. The number of carbonyl (C=O) groups is 2. The van der Waals surface area contributed by atoms with Gasteiger partial charge in [0.1, 0.15) is 0 Å². The van der Waals surface area contributed by atoms with Crippen molar-refractivity contribution in [3.63, 3.8) is 0 Å². The molecular weight excluding hydrogens is 464 g/mol. The first-order valence-electron chi connectivity index (χ1n) is 13.6. The molecule has 1 fully saturated rings. The molecular formula is C32H38O5. The van der Waals surface area contributed by atoms with Gasteiger partial charge in [-0.1, -0.05) is 81.2 Å². The van der Waals surface area contributed by atoms with Crippen molar-refractivity contribution in [1.82, 2.24) is 0 Å². The van der Waals surface area contributed by atoms with Crippen LogP contribution in [0.5, 0.6) is 11.5 Å². The van der Waals surface area contributed by atoms with Gasteiger partial charge in [-0.2, -0.15) is 0 Å². The molecule has 0 bridgehead atoms. The third kappa shape index (κ3) is 6.25. The van der Waals surface area contributed by atoms with E-state index < -0.39 is 17.8 Å². The SMILES string of the molecule is CCCCC1CCCC2C#CC(c3ccccc3)c3cc(O)c(OC)cc3CCC(=O)C(O)C(=O)C2C1. The van der Waals surface area contributed by atoms with Crippen molar-refractivity contribution in [3.05, 3.63) is 59.2 Å². The van der Waals surface area contributed by atoms with Crippen LogP contribution in [0.1, 0.15) is 80.9 Å². The summed E-state index contributed by atoms with van der Waals surface area (Å²) >= 11 is 0. The van der Waals surface area contributed by atoms with Gasteiger partial charge in [-0.25, -0.2) is 0 Å². The zero-order chi connectivity index (χ0) is 26.4. The Morgan fingerprint density at radius 2 is 1.84 bits per heavy atom. The number of hydrogen-bond acceptors (Lipinski definition) is 5. The van der Waals surface area contributed by atoms with Crippen molar-refractivity contribution in [2.24, 2.45) is 17.8 Å². The summed E-state index contributed by atoms with van der Waals surface area (Å²) in [6.45, 7) is 2.17. The quantitative estimate of drug-likeness (QED) is 0.411. The molecule has 37 heavy (non-hydrogen) atoms. The number of fused-ring (bicyclic) bond motifs is 2. The fourth-order valence-electron chi connectivity index (χ4n) is 5.92. The van der Waals surface area contributed by atoms with Crippen LogP contribution in [0.3, 0.4) is 0 Å². The van der Waals surface area contributed by atoms with E-state index in [4.69, 9.17) is 4.74 Å². The Morgan fingerprint density at radius 1 is 1.05 bits per heavy atom. The number of ether oxygens (including phenoxy) is 1. The van der Waals surface area contributed by atoms with Crippen molar-refractivity contribution in [2.75, 3.05) is 7.11 Å². The first-order valence-corrected chi connectivity index (χ1v) is 13.6.